The minimum atomic E-state index is 0. The van der Waals surface area contributed by atoms with Crippen molar-refractivity contribution in [1.82, 2.24) is 10.6 Å². The molecule has 4 nitrogen and oxygen atoms in total. The molecular weight excluding hydrogens is 361 g/mol. The van der Waals surface area contributed by atoms with Crippen LogP contribution < -0.4 is 10.6 Å². The minimum absolute atomic E-state index is 0. The van der Waals surface area contributed by atoms with Gasteiger partial charge < -0.3 is 15.4 Å². The van der Waals surface area contributed by atoms with Crippen LogP contribution in [-0.2, 0) is 4.74 Å². The van der Waals surface area contributed by atoms with E-state index in [9.17, 15) is 0 Å². The second kappa shape index (κ2) is 10.1. The van der Waals surface area contributed by atoms with Crippen LogP contribution in [0.5, 0.6) is 0 Å². The Morgan fingerprint density at radius 2 is 2.22 bits per heavy atom. The molecule has 108 valence electrons. The molecule has 0 saturated carbocycles. The van der Waals surface area contributed by atoms with Crippen LogP contribution in [0.1, 0.15) is 26.7 Å². The highest BCUT2D eigenvalue weighted by atomic mass is 127. The molecule has 1 aliphatic heterocycles. The standard InChI is InChI=1S/C12H25N3OS.HI/c1-4-16-8-7-14-11(13-3)15-10-12(2)6-5-9-17-12;/h4-10H2,1-3H3,(H2,13,14,15);1H. The molecule has 1 unspecified atom stereocenters. The Bertz CT molecular complexity index is 245. The highest BCUT2D eigenvalue weighted by molar-refractivity contribution is 14.0. The fourth-order valence-corrected chi connectivity index (χ4v) is 3.10. The third-order valence-corrected chi connectivity index (χ3v) is 4.44. The van der Waals surface area contributed by atoms with E-state index in [1.54, 1.807) is 7.05 Å². The van der Waals surface area contributed by atoms with E-state index in [1.807, 2.05) is 6.92 Å². The lowest BCUT2D eigenvalue weighted by Gasteiger charge is -2.24. The Hall–Kier alpha value is 0.310. The van der Waals surface area contributed by atoms with Crippen molar-refractivity contribution in [3.63, 3.8) is 0 Å². The van der Waals surface area contributed by atoms with E-state index in [0.717, 1.165) is 32.3 Å². The van der Waals surface area contributed by atoms with Crippen molar-refractivity contribution < 1.29 is 4.74 Å². The summed E-state index contributed by atoms with van der Waals surface area (Å²) in [6.45, 7) is 7.60. The van der Waals surface area contributed by atoms with Crippen molar-refractivity contribution in [2.75, 3.05) is 39.1 Å². The Balaban J connectivity index is 0.00000289. The second-order valence-electron chi connectivity index (χ2n) is 4.45. The molecule has 0 spiro atoms. The summed E-state index contributed by atoms with van der Waals surface area (Å²) < 4.78 is 5.65. The van der Waals surface area contributed by atoms with Crippen LogP contribution in [0.4, 0.5) is 0 Å². The molecule has 1 fully saturated rings. The van der Waals surface area contributed by atoms with Gasteiger partial charge in [0.25, 0.3) is 0 Å². The number of rotatable bonds is 6. The van der Waals surface area contributed by atoms with E-state index in [-0.39, 0.29) is 24.0 Å². The molecule has 6 heteroatoms. The molecule has 1 aliphatic rings. The van der Waals surface area contributed by atoms with Gasteiger partial charge in [0.05, 0.1) is 6.61 Å². The zero-order chi connectivity index (χ0) is 12.6. The van der Waals surface area contributed by atoms with Crippen LogP contribution >= 0.6 is 35.7 Å². The van der Waals surface area contributed by atoms with E-state index >= 15 is 0 Å². The van der Waals surface area contributed by atoms with Gasteiger partial charge in [-0.2, -0.15) is 11.8 Å². The smallest absolute Gasteiger partial charge is 0.191 e. The number of nitrogens with zero attached hydrogens (tertiary/aromatic N) is 1. The highest BCUT2D eigenvalue weighted by Gasteiger charge is 2.29. The lowest BCUT2D eigenvalue weighted by molar-refractivity contribution is 0.152. The van der Waals surface area contributed by atoms with Gasteiger partial charge in [-0.3, -0.25) is 4.99 Å². The van der Waals surface area contributed by atoms with Crippen LogP contribution in [0, 0.1) is 0 Å². The number of thioether (sulfide) groups is 1. The summed E-state index contributed by atoms with van der Waals surface area (Å²) in [4.78, 5) is 4.21. The third-order valence-electron chi connectivity index (χ3n) is 2.90. The third kappa shape index (κ3) is 7.04. The number of ether oxygens (including phenoxy) is 1. The number of hydrogen-bond acceptors (Lipinski definition) is 3. The molecule has 0 amide bonds. The zero-order valence-corrected chi connectivity index (χ0v) is 14.8. The van der Waals surface area contributed by atoms with Gasteiger partial charge in [0.2, 0.25) is 0 Å². The first kappa shape index (κ1) is 18.3. The molecule has 0 aliphatic carbocycles. The average Bonchev–Trinajstić information content (AvgIpc) is 2.76. The minimum Gasteiger partial charge on any atom is -0.380 e. The Morgan fingerprint density at radius 3 is 2.78 bits per heavy atom. The Kier molecular flexibility index (Phi) is 10.3. The molecule has 2 N–H and O–H groups in total. The van der Waals surface area contributed by atoms with Gasteiger partial charge in [0.1, 0.15) is 0 Å². The van der Waals surface area contributed by atoms with Crippen LogP contribution in [0.3, 0.4) is 0 Å². The van der Waals surface area contributed by atoms with E-state index < -0.39 is 0 Å². The monoisotopic (exact) mass is 387 g/mol. The van der Waals surface area contributed by atoms with Gasteiger partial charge in [-0.15, -0.1) is 24.0 Å². The molecule has 1 rings (SSSR count). The molecule has 0 radical (unpaired) electrons. The summed E-state index contributed by atoms with van der Waals surface area (Å²) in [5.41, 5.74) is 0. The molecule has 1 heterocycles. The zero-order valence-electron chi connectivity index (χ0n) is 11.6. The van der Waals surface area contributed by atoms with Crippen molar-refractivity contribution >= 4 is 41.7 Å². The van der Waals surface area contributed by atoms with Crippen molar-refractivity contribution in [1.29, 1.82) is 0 Å². The van der Waals surface area contributed by atoms with Gasteiger partial charge in [0, 0.05) is 31.5 Å². The number of aliphatic imine (C=N–C) groups is 1. The molecular formula is C12H26IN3OS. The summed E-state index contributed by atoms with van der Waals surface area (Å²) in [7, 11) is 1.81. The molecule has 0 bridgehead atoms. The summed E-state index contributed by atoms with van der Waals surface area (Å²) in [6, 6.07) is 0. The quantitative estimate of drug-likeness (QED) is 0.317. The van der Waals surface area contributed by atoms with Gasteiger partial charge >= 0.3 is 0 Å². The van der Waals surface area contributed by atoms with E-state index in [1.165, 1.54) is 18.6 Å². The van der Waals surface area contributed by atoms with Crippen LogP contribution in [0.25, 0.3) is 0 Å². The van der Waals surface area contributed by atoms with Crippen molar-refractivity contribution in [3.05, 3.63) is 0 Å². The van der Waals surface area contributed by atoms with Gasteiger partial charge in [-0.05, 0) is 32.4 Å². The largest absolute Gasteiger partial charge is 0.380 e. The first-order chi connectivity index (χ1) is 8.20. The van der Waals surface area contributed by atoms with E-state index in [2.05, 4.69) is 34.3 Å². The first-order valence-electron chi connectivity index (χ1n) is 6.36. The van der Waals surface area contributed by atoms with Crippen molar-refractivity contribution in [2.24, 2.45) is 4.99 Å². The van der Waals surface area contributed by atoms with Gasteiger partial charge in [-0.25, -0.2) is 0 Å². The summed E-state index contributed by atoms with van der Waals surface area (Å²) >= 11 is 2.06. The van der Waals surface area contributed by atoms with Crippen LogP contribution in [0.2, 0.25) is 0 Å². The normalized spacial score (nSPS) is 23.6. The van der Waals surface area contributed by atoms with Gasteiger partial charge in [-0.1, -0.05) is 0 Å². The lowest BCUT2D eigenvalue weighted by atomic mass is 10.1. The maximum absolute atomic E-state index is 5.28. The number of guanidine groups is 1. The van der Waals surface area contributed by atoms with Crippen molar-refractivity contribution in [3.8, 4) is 0 Å². The first-order valence-corrected chi connectivity index (χ1v) is 7.35. The molecule has 1 saturated heterocycles. The Labute approximate surface area is 132 Å². The fraction of sp³-hybridized carbons (Fsp3) is 0.917. The van der Waals surface area contributed by atoms with E-state index in [4.69, 9.17) is 4.74 Å². The predicted octanol–water partition coefficient (Wildman–Crippen LogP) is 2.09. The average molecular weight is 387 g/mol. The maximum Gasteiger partial charge on any atom is 0.191 e. The molecule has 0 aromatic heterocycles. The molecule has 0 aromatic rings. The van der Waals surface area contributed by atoms with Crippen molar-refractivity contribution in [2.45, 2.75) is 31.4 Å². The highest BCUT2D eigenvalue weighted by Crippen LogP contribution is 2.36. The second-order valence-corrected chi connectivity index (χ2v) is 6.13. The van der Waals surface area contributed by atoms with Gasteiger partial charge in [0.15, 0.2) is 5.96 Å². The SMILES string of the molecule is CCOCCNC(=NC)NCC1(C)CCCS1.I. The van der Waals surface area contributed by atoms with E-state index in [0.29, 0.717) is 4.75 Å². The fourth-order valence-electron chi connectivity index (χ4n) is 1.85. The summed E-state index contributed by atoms with van der Waals surface area (Å²) in [5, 5.41) is 6.64. The molecule has 0 aromatic carbocycles. The maximum atomic E-state index is 5.28. The topological polar surface area (TPSA) is 45.6 Å². The summed E-state index contributed by atoms with van der Waals surface area (Å²) in [5.74, 6) is 2.16. The molecule has 18 heavy (non-hydrogen) atoms. The number of halogens is 1. The number of hydrogen-bond donors (Lipinski definition) is 2. The van der Waals surface area contributed by atoms with Crippen LogP contribution in [0.15, 0.2) is 4.99 Å². The Morgan fingerprint density at radius 1 is 1.44 bits per heavy atom. The summed E-state index contributed by atoms with van der Waals surface area (Å²) in [6.07, 6.45) is 2.62. The lowest BCUT2D eigenvalue weighted by Crippen LogP contribution is -2.44. The molecule has 1 atom stereocenters. The predicted molar refractivity (Wildman–Crippen MR) is 91.4 cm³/mol. The number of nitrogens with one attached hydrogen (secondary N) is 2. The van der Waals surface area contributed by atoms with Crippen LogP contribution in [-0.4, -0.2) is 49.8 Å².